The van der Waals surface area contributed by atoms with E-state index in [0.717, 1.165) is 15.6 Å². The Morgan fingerprint density at radius 2 is 2.00 bits per heavy atom. The number of rotatable bonds is 4. The molecule has 0 spiro atoms. The summed E-state index contributed by atoms with van der Waals surface area (Å²) >= 11 is 3.05. The molecule has 1 aromatic carbocycles. The lowest BCUT2D eigenvalue weighted by Gasteiger charge is -2.16. The summed E-state index contributed by atoms with van der Waals surface area (Å²) in [5.41, 5.74) is 1.26. The molecule has 1 fully saturated rings. The van der Waals surface area contributed by atoms with E-state index in [9.17, 15) is 9.59 Å². The molecule has 3 aromatic rings. The number of carbonyl (C=O) groups is 2. The topological polar surface area (TPSA) is 62.3 Å². The maximum atomic E-state index is 12.4. The van der Waals surface area contributed by atoms with Crippen molar-refractivity contribution in [2.45, 2.75) is 12.5 Å². The number of hydrogen-bond acceptors (Lipinski definition) is 5. The molecule has 2 amide bonds. The number of aromatic nitrogens is 1. The number of nitrogens with one attached hydrogen (secondary N) is 1. The van der Waals surface area contributed by atoms with Crippen molar-refractivity contribution in [3.8, 4) is 9.88 Å². The van der Waals surface area contributed by atoms with Crippen LogP contribution in [0.2, 0.25) is 0 Å². The molecular formula is C18H15N3O2S2. The fourth-order valence-corrected chi connectivity index (χ4v) is 4.43. The zero-order chi connectivity index (χ0) is 17.2. The Morgan fingerprint density at radius 3 is 2.76 bits per heavy atom. The predicted molar refractivity (Wildman–Crippen MR) is 100 cm³/mol. The third-order valence-electron chi connectivity index (χ3n) is 4.00. The second kappa shape index (κ2) is 6.78. The molecular weight excluding hydrogens is 354 g/mol. The number of carbonyl (C=O) groups excluding carboxylic acids is 2. The zero-order valence-corrected chi connectivity index (χ0v) is 14.8. The van der Waals surface area contributed by atoms with Crippen molar-refractivity contribution in [2.75, 3.05) is 11.4 Å². The van der Waals surface area contributed by atoms with E-state index in [1.807, 2.05) is 47.8 Å². The number of anilines is 1. The summed E-state index contributed by atoms with van der Waals surface area (Å²) in [6.07, 6.45) is 0.308. The van der Waals surface area contributed by atoms with Gasteiger partial charge in [-0.3, -0.25) is 9.59 Å². The summed E-state index contributed by atoms with van der Waals surface area (Å²) in [5, 5.41) is 7.52. The average molecular weight is 369 g/mol. The van der Waals surface area contributed by atoms with Crippen LogP contribution < -0.4 is 10.2 Å². The van der Waals surface area contributed by atoms with Crippen molar-refractivity contribution < 1.29 is 9.59 Å². The van der Waals surface area contributed by atoms with Crippen LogP contribution in [0.1, 0.15) is 16.9 Å². The van der Waals surface area contributed by atoms with E-state index in [1.165, 1.54) is 11.3 Å². The molecule has 1 aliphatic heterocycles. The molecule has 1 unspecified atom stereocenters. The molecule has 2 aromatic heterocycles. The first-order valence-corrected chi connectivity index (χ1v) is 9.62. The predicted octanol–water partition coefficient (Wildman–Crippen LogP) is 3.41. The Labute approximate surface area is 152 Å². The number of hydrogen-bond donors (Lipinski definition) is 1. The summed E-state index contributed by atoms with van der Waals surface area (Å²) in [4.78, 5) is 31.8. The minimum Gasteiger partial charge on any atom is -0.346 e. The Balaban J connectivity index is 1.43. The van der Waals surface area contributed by atoms with Gasteiger partial charge in [-0.05, 0) is 23.6 Å². The highest BCUT2D eigenvalue weighted by Gasteiger charge is 2.32. The third-order valence-corrected chi connectivity index (χ3v) is 5.88. The first kappa shape index (κ1) is 16.0. The zero-order valence-electron chi connectivity index (χ0n) is 13.2. The largest absolute Gasteiger partial charge is 0.346 e. The van der Waals surface area contributed by atoms with E-state index in [-0.39, 0.29) is 17.9 Å². The van der Waals surface area contributed by atoms with Gasteiger partial charge in [0.15, 0.2) is 0 Å². The summed E-state index contributed by atoms with van der Waals surface area (Å²) in [6.45, 7) is 0.483. The van der Waals surface area contributed by atoms with Gasteiger partial charge in [0, 0.05) is 24.0 Å². The van der Waals surface area contributed by atoms with Crippen LogP contribution in [0.3, 0.4) is 0 Å². The summed E-state index contributed by atoms with van der Waals surface area (Å²) in [6, 6.07) is 13.3. The van der Waals surface area contributed by atoms with Gasteiger partial charge >= 0.3 is 0 Å². The lowest BCUT2D eigenvalue weighted by Crippen LogP contribution is -2.37. The van der Waals surface area contributed by atoms with Crippen LogP contribution in [0.4, 0.5) is 5.69 Å². The maximum Gasteiger partial charge on any atom is 0.271 e. The lowest BCUT2D eigenvalue weighted by molar-refractivity contribution is -0.117. The van der Waals surface area contributed by atoms with Crippen molar-refractivity contribution in [2.24, 2.45) is 0 Å². The van der Waals surface area contributed by atoms with Gasteiger partial charge in [-0.2, -0.15) is 0 Å². The molecule has 1 atom stereocenters. The first-order valence-electron chi connectivity index (χ1n) is 7.86. The minimum atomic E-state index is -0.230. The quantitative estimate of drug-likeness (QED) is 0.767. The molecule has 0 bridgehead atoms. The van der Waals surface area contributed by atoms with Gasteiger partial charge in [0.25, 0.3) is 5.91 Å². The monoisotopic (exact) mass is 369 g/mol. The number of thiazole rings is 1. The van der Waals surface area contributed by atoms with E-state index in [2.05, 4.69) is 10.3 Å². The van der Waals surface area contributed by atoms with Crippen molar-refractivity contribution in [1.82, 2.24) is 10.3 Å². The van der Waals surface area contributed by atoms with Crippen molar-refractivity contribution in [3.05, 3.63) is 58.9 Å². The first-order chi connectivity index (χ1) is 12.2. The molecule has 0 saturated carbocycles. The van der Waals surface area contributed by atoms with Crippen LogP contribution in [0.15, 0.2) is 53.2 Å². The Kier molecular flexibility index (Phi) is 4.33. The van der Waals surface area contributed by atoms with Crippen molar-refractivity contribution in [1.29, 1.82) is 0 Å². The van der Waals surface area contributed by atoms with E-state index in [4.69, 9.17) is 0 Å². The van der Waals surface area contributed by atoms with Crippen LogP contribution in [0.25, 0.3) is 9.88 Å². The molecule has 3 heterocycles. The van der Waals surface area contributed by atoms with Gasteiger partial charge in [-0.15, -0.1) is 22.7 Å². The van der Waals surface area contributed by atoms with Gasteiger partial charge in [0.1, 0.15) is 10.7 Å². The molecule has 25 heavy (non-hydrogen) atoms. The molecule has 0 aliphatic carbocycles. The minimum absolute atomic E-state index is 0.0223. The Hall–Kier alpha value is -2.51. The molecule has 4 rings (SSSR count). The number of benzene rings is 1. The standard InChI is InChI=1S/C18H15N3O2S2/c22-16-9-12(10-21(16)13-5-2-1-3-6-13)19-17(23)14-11-25-18(20-14)15-7-4-8-24-15/h1-8,11-12H,9-10H2,(H,19,23). The van der Waals surface area contributed by atoms with Gasteiger partial charge in [0.05, 0.1) is 10.9 Å². The van der Waals surface area contributed by atoms with Gasteiger partial charge in [0.2, 0.25) is 5.91 Å². The lowest BCUT2D eigenvalue weighted by atomic mass is 10.2. The molecule has 1 N–H and O–H groups in total. The van der Waals surface area contributed by atoms with Crippen LogP contribution in [-0.2, 0) is 4.79 Å². The molecule has 0 radical (unpaired) electrons. The molecule has 7 heteroatoms. The molecule has 5 nitrogen and oxygen atoms in total. The maximum absolute atomic E-state index is 12.4. The number of para-hydroxylation sites is 1. The summed E-state index contributed by atoms with van der Waals surface area (Å²) < 4.78 is 0. The highest BCUT2D eigenvalue weighted by molar-refractivity contribution is 7.20. The highest BCUT2D eigenvalue weighted by Crippen LogP contribution is 2.28. The van der Waals surface area contributed by atoms with Crippen LogP contribution >= 0.6 is 22.7 Å². The van der Waals surface area contributed by atoms with Gasteiger partial charge in [-0.25, -0.2) is 4.98 Å². The van der Waals surface area contributed by atoms with E-state index in [0.29, 0.717) is 18.7 Å². The van der Waals surface area contributed by atoms with Crippen molar-refractivity contribution >= 4 is 40.2 Å². The smallest absolute Gasteiger partial charge is 0.271 e. The number of thiophene rings is 1. The summed E-state index contributed by atoms with van der Waals surface area (Å²) in [5.74, 6) is -0.208. The normalized spacial score (nSPS) is 17.0. The Morgan fingerprint density at radius 1 is 1.16 bits per heavy atom. The second-order valence-corrected chi connectivity index (χ2v) is 7.54. The molecule has 126 valence electrons. The number of nitrogens with zero attached hydrogens (tertiary/aromatic N) is 2. The highest BCUT2D eigenvalue weighted by atomic mass is 32.1. The fraction of sp³-hybridized carbons (Fsp3) is 0.167. The van der Waals surface area contributed by atoms with Crippen LogP contribution in [0.5, 0.6) is 0 Å². The van der Waals surface area contributed by atoms with Crippen molar-refractivity contribution in [3.63, 3.8) is 0 Å². The number of amides is 2. The average Bonchev–Trinajstić information content (AvgIpc) is 3.36. The molecule has 1 saturated heterocycles. The summed E-state index contributed by atoms with van der Waals surface area (Å²) in [7, 11) is 0. The van der Waals surface area contributed by atoms with Gasteiger partial charge < -0.3 is 10.2 Å². The van der Waals surface area contributed by atoms with Crippen LogP contribution in [0, 0.1) is 0 Å². The van der Waals surface area contributed by atoms with Gasteiger partial charge in [-0.1, -0.05) is 24.3 Å². The Bertz CT molecular complexity index is 890. The SMILES string of the molecule is O=C(NC1CC(=O)N(c2ccccc2)C1)c1csc(-c2cccs2)n1. The fourth-order valence-electron chi connectivity index (χ4n) is 2.81. The van der Waals surface area contributed by atoms with E-state index < -0.39 is 0 Å². The second-order valence-electron chi connectivity index (χ2n) is 5.73. The van der Waals surface area contributed by atoms with E-state index in [1.54, 1.807) is 21.6 Å². The van der Waals surface area contributed by atoms with E-state index >= 15 is 0 Å². The molecule has 1 aliphatic rings. The third kappa shape index (κ3) is 3.33. The van der Waals surface area contributed by atoms with Crippen LogP contribution in [-0.4, -0.2) is 29.4 Å².